The van der Waals surface area contributed by atoms with Gasteiger partial charge in [-0.2, -0.15) is 18.4 Å². The van der Waals surface area contributed by atoms with Gasteiger partial charge >= 0.3 is 6.18 Å². The summed E-state index contributed by atoms with van der Waals surface area (Å²) in [5, 5.41) is 9.48. The number of nitriles is 1. The van der Waals surface area contributed by atoms with Gasteiger partial charge in [-0.3, -0.25) is 4.90 Å². The van der Waals surface area contributed by atoms with Crippen LogP contribution in [-0.2, 0) is 12.7 Å². The quantitative estimate of drug-likeness (QED) is 0.489. The Balaban J connectivity index is 2.07. The normalized spacial score (nSPS) is 13.0. The van der Waals surface area contributed by atoms with Crippen LogP contribution in [-0.4, -0.2) is 18.0 Å². The van der Waals surface area contributed by atoms with Crippen LogP contribution in [0.4, 0.5) is 22.0 Å². The summed E-state index contributed by atoms with van der Waals surface area (Å²) in [5.74, 6) is -2.06. The zero-order valence-electron chi connectivity index (χ0n) is 16.3. The first-order valence-electron chi connectivity index (χ1n) is 9.33. The molecule has 7 heteroatoms. The van der Waals surface area contributed by atoms with E-state index in [1.807, 2.05) is 18.7 Å². The van der Waals surface area contributed by atoms with Crippen molar-refractivity contribution in [2.24, 2.45) is 5.92 Å². The molecule has 0 aromatic heterocycles. The van der Waals surface area contributed by atoms with Gasteiger partial charge in [-0.1, -0.05) is 32.0 Å². The molecule has 0 spiro atoms. The lowest BCUT2D eigenvalue weighted by Crippen LogP contribution is -2.29. The lowest BCUT2D eigenvalue weighted by atomic mass is 9.95. The van der Waals surface area contributed by atoms with Crippen molar-refractivity contribution in [1.82, 2.24) is 4.90 Å². The van der Waals surface area contributed by atoms with Gasteiger partial charge in [0.15, 0.2) is 11.6 Å². The maximum Gasteiger partial charge on any atom is 0.416 e. The predicted octanol–water partition coefficient (Wildman–Crippen LogP) is 6.14. The van der Waals surface area contributed by atoms with E-state index in [2.05, 4.69) is 6.07 Å². The number of halogens is 5. The molecule has 29 heavy (non-hydrogen) atoms. The molecule has 0 radical (unpaired) electrons. The first kappa shape index (κ1) is 22.8. The minimum atomic E-state index is -4.42. The van der Waals surface area contributed by atoms with Gasteiger partial charge in [0, 0.05) is 19.6 Å². The first-order valence-corrected chi connectivity index (χ1v) is 9.33. The van der Waals surface area contributed by atoms with Crippen LogP contribution in [0.1, 0.15) is 42.9 Å². The molecule has 0 heterocycles. The lowest BCUT2D eigenvalue weighted by molar-refractivity contribution is -0.137. The molecule has 0 N–H and O–H groups in total. The van der Waals surface area contributed by atoms with Gasteiger partial charge in [-0.15, -0.1) is 0 Å². The Morgan fingerprint density at radius 1 is 1.00 bits per heavy atom. The highest BCUT2D eigenvalue weighted by Gasteiger charge is 2.30. The zero-order valence-corrected chi connectivity index (χ0v) is 16.3. The Hall–Kier alpha value is -2.46. The van der Waals surface area contributed by atoms with Gasteiger partial charge in [-0.05, 0) is 47.7 Å². The van der Waals surface area contributed by atoms with Crippen LogP contribution in [0, 0.1) is 28.9 Å². The van der Waals surface area contributed by atoms with Crippen molar-refractivity contribution < 1.29 is 22.0 Å². The average Bonchev–Trinajstić information content (AvgIpc) is 2.64. The van der Waals surface area contributed by atoms with Crippen LogP contribution in [0.5, 0.6) is 0 Å². The van der Waals surface area contributed by atoms with E-state index >= 15 is 0 Å². The fraction of sp³-hybridized carbons (Fsp3) is 0.409. The number of alkyl halides is 3. The number of nitrogens with zero attached hydrogens (tertiary/aromatic N) is 2. The highest BCUT2D eigenvalue weighted by Crippen LogP contribution is 2.30. The molecule has 0 aliphatic rings. The third kappa shape index (κ3) is 6.82. The van der Waals surface area contributed by atoms with E-state index in [9.17, 15) is 27.2 Å². The molecule has 0 amide bonds. The van der Waals surface area contributed by atoms with Gasteiger partial charge in [-0.25, -0.2) is 8.78 Å². The van der Waals surface area contributed by atoms with E-state index in [0.29, 0.717) is 43.1 Å². The smallest absolute Gasteiger partial charge is 0.299 e. The molecular formula is C22H23F5N2. The molecule has 2 aromatic carbocycles. The summed E-state index contributed by atoms with van der Waals surface area (Å²) in [4.78, 5) is 2.03. The van der Waals surface area contributed by atoms with E-state index in [1.165, 1.54) is 18.2 Å². The SMILES string of the molecule is CC(C)CN(CCC(C#N)c1ccc(C(F)(F)F)cc1)Cc1ccc(F)c(F)c1. The van der Waals surface area contributed by atoms with Crippen molar-refractivity contribution in [2.75, 3.05) is 13.1 Å². The third-order valence-corrected chi connectivity index (χ3v) is 4.54. The van der Waals surface area contributed by atoms with Crippen molar-refractivity contribution >= 4 is 0 Å². The molecule has 2 aromatic rings. The van der Waals surface area contributed by atoms with E-state index in [0.717, 1.165) is 24.3 Å². The van der Waals surface area contributed by atoms with Crippen LogP contribution in [0.2, 0.25) is 0 Å². The molecule has 1 atom stereocenters. The van der Waals surface area contributed by atoms with Crippen LogP contribution in [0.25, 0.3) is 0 Å². The second kappa shape index (κ2) is 9.84. The van der Waals surface area contributed by atoms with Crippen molar-refractivity contribution in [1.29, 1.82) is 5.26 Å². The molecule has 0 aliphatic carbocycles. The Bertz CT molecular complexity index is 838. The summed E-state index contributed by atoms with van der Waals surface area (Å²) in [7, 11) is 0. The highest BCUT2D eigenvalue weighted by molar-refractivity contribution is 5.30. The highest BCUT2D eigenvalue weighted by atomic mass is 19.4. The van der Waals surface area contributed by atoms with Crippen LogP contribution in [0.3, 0.4) is 0 Å². The Labute approximate surface area is 167 Å². The van der Waals surface area contributed by atoms with Gasteiger partial charge in [0.1, 0.15) is 0 Å². The van der Waals surface area contributed by atoms with Crippen LogP contribution >= 0.6 is 0 Å². The summed E-state index contributed by atoms with van der Waals surface area (Å²) in [6.45, 7) is 5.62. The molecule has 0 saturated heterocycles. The second-order valence-electron chi connectivity index (χ2n) is 7.47. The lowest BCUT2D eigenvalue weighted by Gasteiger charge is -2.25. The average molecular weight is 410 g/mol. The maximum absolute atomic E-state index is 13.5. The molecule has 0 fully saturated rings. The minimum absolute atomic E-state index is 0.312. The van der Waals surface area contributed by atoms with E-state index in [-0.39, 0.29) is 0 Å². The van der Waals surface area contributed by atoms with Gasteiger partial charge < -0.3 is 0 Å². The molecular weight excluding hydrogens is 387 g/mol. The van der Waals surface area contributed by atoms with Gasteiger partial charge in [0.25, 0.3) is 0 Å². The summed E-state index contributed by atoms with van der Waals surface area (Å²) in [6, 6.07) is 10.5. The zero-order chi connectivity index (χ0) is 21.6. The van der Waals surface area contributed by atoms with E-state index in [4.69, 9.17) is 0 Å². The van der Waals surface area contributed by atoms with Gasteiger partial charge in [0.2, 0.25) is 0 Å². The molecule has 0 aliphatic heterocycles. The summed E-state index contributed by atoms with van der Waals surface area (Å²) in [5.41, 5.74) is 0.392. The largest absolute Gasteiger partial charge is 0.416 e. The molecule has 2 nitrogen and oxygen atoms in total. The fourth-order valence-electron chi connectivity index (χ4n) is 3.17. The topological polar surface area (TPSA) is 27.0 Å². The van der Waals surface area contributed by atoms with E-state index < -0.39 is 29.3 Å². The van der Waals surface area contributed by atoms with Crippen molar-refractivity contribution in [3.8, 4) is 6.07 Å². The van der Waals surface area contributed by atoms with E-state index in [1.54, 1.807) is 0 Å². The first-order chi connectivity index (χ1) is 13.6. The summed E-state index contributed by atoms with van der Waals surface area (Å²) >= 11 is 0. The number of benzene rings is 2. The number of hydrogen-bond acceptors (Lipinski definition) is 2. The Morgan fingerprint density at radius 2 is 1.66 bits per heavy atom. The standard InChI is InChI=1S/C22H23F5N2/c1-15(2)13-29(14-16-3-8-20(23)21(24)11-16)10-9-18(12-28)17-4-6-19(7-5-17)22(25,26)27/h3-8,11,15,18H,9-10,13-14H2,1-2H3. The molecule has 2 rings (SSSR count). The fourth-order valence-corrected chi connectivity index (χ4v) is 3.17. The molecule has 0 bridgehead atoms. The van der Waals surface area contributed by atoms with Gasteiger partial charge in [0.05, 0.1) is 17.6 Å². The third-order valence-electron chi connectivity index (χ3n) is 4.54. The van der Waals surface area contributed by atoms with Crippen LogP contribution < -0.4 is 0 Å². The summed E-state index contributed by atoms with van der Waals surface area (Å²) in [6.07, 6.45) is -4.00. The predicted molar refractivity (Wildman–Crippen MR) is 101 cm³/mol. The van der Waals surface area contributed by atoms with Crippen LogP contribution in [0.15, 0.2) is 42.5 Å². The monoisotopic (exact) mass is 410 g/mol. The van der Waals surface area contributed by atoms with Crippen molar-refractivity contribution in [3.63, 3.8) is 0 Å². The molecule has 1 unspecified atom stereocenters. The minimum Gasteiger partial charge on any atom is -0.299 e. The maximum atomic E-state index is 13.5. The van der Waals surface area contributed by atoms with Crippen molar-refractivity contribution in [3.05, 3.63) is 70.8 Å². The molecule has 0 saturated carbocycles. The Morgan fingerprint density at radius 3 is 2.17 bits per heavy atom. The number of rotatable bonds is 8. The summed E-state index contributed by atoms with van der Waals surface area (Å²) < 4.78 is 64.8. The Kier molecular flexibility index (Phi) is 7.74. The molecule has 156 valence electrons. The number of hydrogen-bond donors (Lipinski definition) is 0. The second-order valence-corrected chi connectivity index (χ2v) is 7.47. The van der Waals surface area contributed by atoms with Crippen molar-refractivity contribution in [2.45, 2.75) is 38.9 Å².